The number of furan rings is 1. The van der Waals surface area contributed by atoms with Gasteiger partial charge in [-0.05, 0) is 48.0 Å². The molecule has 0 radical (unpaired) electrons. The number of ether oxygens (including phenoxy) is 2. The molecule has 1 aliphatic heterocycles. The monoisotopic (exact) mass is 293 g/mol. The van der Waals surface area contributed by atoms with Gasteiger partial charge in [-0.25, -0.2) is 0 Å². The van der Waals surface area contributed by atoms with Crippen molar-refractivity contribution in [3.05, 3.63) is 46.9 Å². The lowest BCUT2D eigenvalue weighted by Gasteiger charge is -2.21. The van der Waals surface area contributed by atoms with Crippen molar-refractivity contribution in [2.45, 2.75) is 13.0 Å². The van der Waals surface area contributed by atoms with Crippen LogP contribution >= 0.6 is 11.6 Å². The number of hydrogen-bond acceptors (Lipinski definition) is 4. The molecule has 1 aromatic heterocycles. The van der Waals surface area contributed by atoms with E-state index in [4.69, 9.17) is 25.5 Å². The van der Waals surface area contributed by atoms with Crippen LogP contribution in [0, 0.1) is 0 Å². The highest BCUT2D eigenvalue weighted by Gasteiger charge is 2.20. The van der Waals surface area contributed by atoms with Crippen molar-refractivity contribution in [1.29, 1.82) is 0 Å². The lowest BCUT2D eigenvalue weighted by molar-refractivity contribution is 0.171. The minimum atomic E-state index is -0.0525. The van der Waals surface area contributed by atoms with Gasteiger partial charge >= 0.3 is 0 Å². The summed E-state index contributed by atoms with van der Waals surface area (Å²) in [7, 11) is 0. The molecule has 1 aliphatic rings. The van der Waals surface area contributed by atoms with Gasteiger partial charge in [-0.15, -0.1) is 0 Å². The lowest BCUT2D eigenvalue weighted by Crippen LogP contribution is -2.22. The van der Waals surface area contributed by atoms with E-state index in [1.54, 1.807) is 6.07 Å². The number of hydrogen-bond donors (Lipinski definition) is 1. The molecule has 1 unspecified atom stereocenters. The maximum Gasteiger partial charge on any atom is 0.193 e. The molecule has 0 fully saturated rings. The highest BCUT2D eigenvalue weighted by atomic mass is 35.5. The Morgan fingerprint density at radius 1 is 1.15 bits per heavy atom. The summed E-state index contributed by atoms with van der Waals surface area (Å²) < 4.78 is 16.7. The summed E-state index contributed by atoms with van der Waals surface area (Å²) in [5.74, 6) is 2.34. The molecule has 20 heavy (non-hydrogen) atoms. The zero-order valence-electron chi connectivity index (χ0n) is 11.2. The fourth-order valence-electron chi connectivity index (χ4n) is 2.31. The summed E-state index contributed by atoms with van der Waals surface area (Å²) in [6, 6.07) is 9.50. The average molecular weight is 294 g/mol. The van der Waals surface area contributed by atoms with E-state index in [1.165, 1.54) is 0 Å². The largest absolute Gasteiger partial charge is 0.486 e. The second kappa shape index (κ2) is 5.77. The SMILES string of the molecule is CCNC(c1ccc2c(c1)OCCO2)c1ccc(Cl)o1. The Hall–Kier alpha value is -1.65. The van der Waals surface area contributed by atoms with E-state index in [2.05, 4.69) is 12.2 Å². The molecular formula is C15H16ClNO3. The van der Waals surface area contributed by atoms with Crippen molar-refractivity contribution in [3.8, 4) is 11.5 Å². The molecule has 0 saturated carbocycles. The predicted molar refractivity (Wildman–Crippen MR) is 76.7 cm³/mol. The van der Waals surface area contributed by atoms with E-state index in [1.807, 2.05) is 24.3 Å². The first-order valence-corrected chi connectivity index (χ1v) is 7.04. The summed E-state index contributed by atoms with van der Waals surface area (Å²) in [6.07, 6.45) is 0. The van der Waals surface area contributed by atoms with E-state index in [0.717, 1.165) is 29.4 Å². The molecule has 2 aromatic rings. The van der Waals surface area contributed by atoms with Crippen LogP contribution in [0.3, 0.4) is 0 Å². The van der Waals surface area contributed by atoms with Gasteiger partial charge in [0.25, 0.3) is 0 Å². The number of rotatable bonds is 4. The zero-order valence-corrected chi connectivity index (χ0v) is 11.9. The minimum absolute atomic E-state index is 0.0525. The van der Waals surface area contributed by atoms with E-state index >= 15 is 0 Å². The highest BCUT2D eigenvalue weighted by Crippen LogP contribution is 2.35. The van der Waals surface area contributed by atoms with Crippen LogP contribution in [0.4, 0.5) is 0 Å². The van der Waals surface area contributed by atoms with Gasteiger partial charge in [-0.1, -0.05) is 13.0 Å². The van der Waals surface area contributed by atoms with Crippen LogP contribution in [0.25, 0.3) is 0 Å². The number of benzene rings is 1. The highest BCUT2D eigenvalue weighted by molar-refractivity contribution is 6.28. The number of fused-ring (bicyclic) bond motifs is 1. The molecule has 0 aliphatic carbocycles. The van der Waals surface area contributed by atoms with Gasteiger partial charge in [0, 0.05) is 0 Å². The second-order valence-corrected chi connectivity index (χ2v) is 4.91. The van der Waals surface area contributed by atoms with Crippen molar-refractivity contribution in [2.75, 3.05) is 19.8 Å². The fraction of sp³-hybridized carbons (Fsp3) is 0.333. The van der Waals surface area contributed by atoms with Gasteiger partial charge in [-0.3, -0.25) is 0 Å². The molecular weight excluding hydrogens is 278 g/mol. The predicted octanol–water partition coefficient (Wildman–Crippen LogP) is 3.40. The summed E-state index contributed by atoms with van der Waals surface area (Å²) in [5, 5.41) is 3.78. The maximum absolute atomic E-state index is 5.87. The molecule has 5 heteroatoms. The van der Waals surface area contributed by atoms with Gasteiger partial charge in [0.2, 0.25) is 0 Å². The Bertz CT molecular complexity index is 597. The molecule has 0 saturated heterocycles. The molecule has 1 atom stereocenters. The van der Waals surface area contributed by atoms with E-state index < -0.39 is 0 Å². The first-order chi connectivity index (χ1) is 9.78. The van der Waals surface area contributed by atoms with E-state index in [9.17, 15) is 0 Å². The average Bonchev–Trinajstić information content (AvgIpc) is 2.90. The van der Waals surface area contributed by atoms with Crippen LogP contribution in [0.5, 0.6) is 11.5 Å². The molecule has 2 heterocycles. The third kappa shape index (κ3) is 2.62. The smallest absolute Gasteiger partial charge is 0.193 e. The van der Waals surface area contributed by atoms with E-state index in [-0.39, 0.29) is 6.04 Å². The Morgan fingerprint density at radius 3 is 2.65 bits per heavy atom. The van der Waals surface area contributed by atoms with Crippen molar-refractivity contribution < 1.29 is 13.9 Å². The summed E-state index contributed by atoms with van der Waals surface area (Å²) in [4.78, 5) is 0. The Labute approximate surface area is 122 Å². The topological polar surface area (TPSA) is 43.6 Å². The summed E-state index contributed by atoms with van der Waals surface area (Å²) >= 11 is 5.87. The molecule has 0 spiro atoms. The normalized spacial score (nSPS) is 15.1. The summed E-state index contributed by atoms with van der Waals surface area (Å²) in [6.45, 7) is 4.04. The van der Waals surface area contributed by atoms with Gasteiger partial charge in [0.1, 0.15) is 19.0 Å². The van der Waals surface area contributed by atoms with Crippen LogP contribution in [-0.4, -0.2) is 19.8 Å². The third-order valence-electron chi connectivity index (χ3n) is 3.19. The lowest BCUT2D eigenvalue weighted by atomic mass is 10.0. The number of nitrogens with one attached hydrogen (secondary N) is 1. The minimum Gasteiger partial charge on any atom is -0.486 e. The molecule has 3 rings (SSSR count). The molecule has 106 valence electrons. The molecule has 1 N–H and O–H groups in total. The molecule has 0 amide bonds. The standard InChI is InChI=1S/C15H16ClNO3/c1-2-17-15(12-5-6-14(16)20-12)10-3-4-11-13(9-10)19-8-7-18-11/h3-6,9,15,17H,2,7-8H2,1H3. The Balaban J connectivity index is 1.95. The quantitative estimate of drug-likeness (QED) is 0.938. The Morgan fingerprint density at radius 2 is 1.95 bits per heavy atom. The summed E-state index contributed by atoms with van der Waals surface area (Å²) in [5.41, 5.74) is 1.06. The molecule has 0 bridgehead atoms. The number of halogens is 1. The van der Waals surface area contributed by atoms with Gasteiger partial charge in [-0.2, -0.15) is 0 Å². The van der Waals surface area contributed by atoms with Crippen LogP contribution in [0.2, 0.25) is 5.22 Å². The molecule has 1 aromatic carbocycles. The van der Waals surface area contributed by atoms with Crippen LogP contribution in [0.15, 0.2) is 34.7 Å². The van der Waals surface area contributed by atoms with Crippen LogP contribution in [0.1, 0.15) is 24.3 Å². The van der Waals surface area contributed by atoms with Crippen molar-refractivity contribution in [1.82, 2.24) is 5.32 Å². The zero-order chi connectivity index (χ0) is 13.9. The van der Waals surface area contributed by atoms with Crippen molar-refractivity contribution in [3.63, 3.8) is 0 Å². The third-order valence-corrected chi connectivity index (χ3v) is 3.39. The van der Waals surface area contributed by atoms with Crippen molar-refractivity contribution >= 4 is 11.6 Å². The first kappa shape index (κ1) is 13.3. The molecule has 4 nitrogen and oxygen atoms in total. The van der Waals surface area contributed by atoms with Gasteiger partial charge in [0.15, 0.2) is 16.7 Å². The van der Waals surface area contributed by atoms with Gasteiger partial charge < -0.3 is 19.2 Å². The van der Waals surface area contributed by atoms with Crippen LogP contribution in [-0.2, 0) is 0 Å². The van der Waals surface area contributed by atoms with Crippen molar-refractivity contribution in [2.24, 2.45) is 0 Å². The van der Waals surface area contributed by atoms with E-state index in [0.29, 0.717) is 18.4 Å². The van der Waals surface area contributed by atoms with Gasteiger partial charge in [0.05, 0.1) is 6.04 Å². The fourth-order valence-corrected chi connectivity index (χ4v) is 2.46. The first-order valence-electron chi connectivity index (χ1n) is 6.66. The van der Waals surface area contributed by atoms with Crippen LogP contribution < -0.4 is 14.8 Å². The second-order valence-electron chi connectivity index (χ2n) is 4.54. The Kier molecular flexibility index (Phi) is 3.85. The maximum atomic E-state index is 5.87.